The van der Waals surface area contributed by atoms with E-state index in [9.17, 15) is 9.59 Å². The predicted molar refractivity (Wildman–Crippen MR) is 123 cm³/mol. The van der Waals surface area contributed by atoms with E-state index in [0.717, 1.165) is 11.1 Å². The average molecular weight is 447 g/mol. The molecule has 0 saturated heterocycles. The number of ether oxygens (including phenoxy) is 1. The van der Waals surface area contributed by atoms with Crippen LogP contribution >= 0.6 is 0 Å². The molecule has 1 unspecified atom stereocenters. The molecule has 2 amide bonds. The first-order valence-corrected chi connectivity index (χ1v) is 10.5. The van der Waals surface area contributed by atoms with Gasteiger partial charge in [-0.1, -0.05) is 12.1 Å². The Morgan fingerprint density at radius 2 is 1.91 bits per heavy atom. The summed E-state index contributed by atoms with van der Waals surface area (Å²) < 4.78 is 12.8. The first kappa shape index (κ1) is 22.1. The SMILES string of the molecule is Cc1cccc(OC(C)C(=O)NNC(=O)c2cc(-c3ccco3)nc3c2c(C)nn3C)c1C. The fraction of sp³-hybridized carbons (Fsp3) is 0.250. The highest BCUT2D eigenvalue weighted by atomic mass is 16.5. The molecule has 0 aliphatic carbocycles. The molecule has 33 heavy (non-hydrogen) atoms. The van der Waals surface area contributed by atoms with E-state index in [-0.39, 0.29) is 0 Å². The Kier molecular flexibility index (Phi) is 5.87. The van der Waals surface area contributed by atoms with Crippen LogP contribution in [0.1, 0.15) is 34.1 Å². The maximum absolute atomic E-state index is 13.1. The summed E-state index contributed by atoms with van der Waals surface area (Å²) in [4.78, 5) is 30.2. The summed E-state index contributed by atoms with van der Waals surface area (Å²) in [5.41, 5.74) is 8.93. The molecule has 1 aromatic carbocycles. The van der Waals surface area contributed by atoms with Crippen molar-refractivity contribution in [3.8, 4) is 17.2 Å². The number of fused-ring (bicyclic) bond motifs is 1. The van der Waals surface area contributed by atoms with E-state index < -0.39 is 17.9 Å². The van der Waals surface area contributed by atoms with Crippen LogP contribution in [0.25, 0.3) is 22.5 Å². The van der Waals surface area contributed by atoms with Gasteiger partial charge in [0.05, 0.1) is 22.9 Å². The van der Waals surface area contributed by atoms with Crippen molar-refractivity contribution in [3.05, 3.63) is 65.0 Å². The number of aryl methyl sites for hydroxylation is 3. The summed E-state index contributed by atoms with van der Waals surface area (Å²) in [6, 6.07) is 10.8. The van der Waals surface area contributed by atoms with E-state index in [1.54, 1.807) is 49.8 Å². The van der Waals surface area contributed by atoms with E-state index in [4.69, 9.17) is 9.15 Å². The summed E-state index contributed by atoms with van der Waals surface area (Å²) in [7, 11) is 1.75. The standard InChI is InChI=1S/C24H25N5O4/c1-13-8-6-9-19(14(13)2)33-16(4)23(30)26-27-24(31)17-12-18(20-10-7-11-32-20)25-22-21(17)15(3)28-29(22)5/h6-12,16H,1-5H3,(H,26,30)(H,27,31). The van der Waals surface area contributed by atoms with Gasteiger partial charge < -0.3 is 9.15 Å². The van der Waals surface area contributed by atoms with Gasteiger partial charge in [0.2, 0.25) is 0 Å². The fourth-order valence-electron chi connectivity index (χ4n) is 3.56. The molecule has 9 nitrogen and oxygen atoms in total. The molecule has 0 radical (unpaired) electrons. The van der Waals surface area contributed by atoms with E-state index >= 15 is 0 Å². The number of hydrogen-bond donors (Lipinski definition) is 2. The highest BCUT2D eigenvalue weighted by Gasteiger charge is 2.22. The van der Waals surface area contributed by atoms with Crippen LogP contribution in [0, 0.1) is 20.8 Å². The maximum atomic E-state index is 13.1. The second-order valence-electron chi connectivity index (χ2n) is 7.84. The molecule has 0 aliphatic rings. The van der Waals surface area contributed by atoms with Crippen molar-refractivity contribution in [2.75, 3.05) is 0 Å². The molecule has 2 N–H and O–H groups in total. The first-order valence-electron chi connectivity index (χ1n) is 10.5. The number of amides is 2. The molecule has 170 valence electrons. The minimum atomic E-state index is -0.818. The van der Waals surface area contributed by atoms with E-state index in [2.05, 4.69) is 20.9 Å². The lowest BCUT2D eigenvalue weighted by atomic mass is 10.1. The Balaban J connectivity index is 1.54. The van der Waals surface area contributed by atoms with Crippen LogP contribution < -0.4 is 15.6 Å². The molecule has 3 heterocycles. The minimum Gasteiger partial charge on any atom is -0.481 e. The molecule has 0 bridgehead atoms. The molecule has 1 atom stereocenters. The number of aromatic nitrogens is 3. The van der Waals surface area contributed by atoms with Gasteiger partial charge >= 0.3 is 0 Å². The number of nitrogens with one attached hydrogen (secondary N) is 2. The lowest BCUT2D eigenvalue weighted by Crippen LogP contribution is -2.47. The van der Waals surface area contributed by atoms with Gasteiger partial charge in [0.15, 0.2) is 17.5 Å². The summed E-state index contributed by atoms with van der Waals surface area (Å²) in [6.07, 6.45) is 0.717. The topological polar surface area (TPSA) is 111 Å². The van der Waals surface area contributed by atoms with Crippen molar-refractivity contribution in [3.63, 3.8) is 0 Å². The van der Waals surface area contributed by atoms with Crippen LogP contribution in [0.15, 0.2) is 47.1 Å². The van der Waals surface area contributed by atoms with Crippen molar-refractivity contribution >= 4 is 22.8 Å². The van der Waals surface area contributed by atoms with Crippen LogP contribution in [0.3, 0.4) is 0 Å². The molecular formula is C24H25N5O4. The van der Waals surface area contributed by atoms with Crippen molar-refractivity contribution in [2.24, 2.45) is 7.05 Å². The van der Waals surface area contributed by atoms with Gasteiger partial charge in [0.25, 0.3) is 11.8 Å². The second kappa shape index (κ2) is 8.78. The third kappa shape index (κ3) is 4.30. The zero-order valence-corrected chi connectivity index (χ0v) is 19.1. The van der Waals surface area contributed by atoms with Gasteiger partial charge in [-0.25, -0.2) is 4.98 Å². The van der Waals surface area contributed by atoms with E-state index in [1.807, 2.05) is 26.0 Å². The Morgan fingerprint density at radius 3 is 2.64 bits per heavy atom. The zero-order valence-electron chi connectivity index (χ0n) is 19.1. The number of rotatable bonds is 5. The number of pyridine rings is 1. The van der Waals surface area contributed by atoms with E-state index in [0.29, 0.717) is 39.5 Å². The third-order valence-corrected chi connectivity index (χ3v) is 5.51. The summed E-state index contributed by atoms with van der Waals surface area (Å²) in [5, 5.41) is 4.97. The molecular weight excluding hydrogens is 422 g/mol. The number of benzene rings is 1. The number of furan rings is 1. The van der Waals surface area contributed by atoms with Crippen LogP contribution in [0.4, 0.5) is 0 Å². The Bertz CT molecular complexity index is 1340. The van der Waals surface area contributed by atoms with Gasteiger partial charge in [-0.3, -0.25) is 25.1 Å². The lowest BCUT2D eigenvalue weighted by molar-refractivity contribution is -0.128. The van der Waals surface area contributed by atoms with Crippen molar-refractivity contribution in [2.45, 2.75) is 33.8 Å². The molecule has 0 spiro atoms. The quantitative estimate of drug-likeness (QED) is 0.454. The molecule has 0 fully saturated rings. The fourth-order valence-corrected chi connectivity index (χ4v) is 3.56. The maximum Gasteiger partial charge on any atom is 0.279 e. The highest BCUT2D eigenvalue weighted by molar-refractivity contribution is 6.07. The second-order valence-corrected chi connectivity index (χ2v) is 7.84. The Hall–Kier alpha value is -4.14. The van der Waals surface area contributed by atoms with Crippen LogP contribution in [-0.2, 0) is 11.8 Å². The average Bonchev–Trinajstić information content (AvgIpc) is 3.43. The molecule has 0 saturated carbocycles. The number of nitrogens with zero attached hydrogens (tertiary/aromatic N) is 3. The van der Waals surface area contributed by atoms with Gasteiger partial charge in [-0.05, 0) is 63.1 Å². The predicted octanol–water partition coefficient (Wildman–Crippen LogP) is 3.38. The zero-order chi connectivity index (χ0) is 23.7. The van der Waals surface area contributed by atoms with Gasteiger partial charge in [0, 0.05) is 7.05 Å². The van der Waals surface area contributed by atoms with Crippen LogP contribution in [0.5, 0.6) is 5.75 Å². The lowest BCUT2D eigenvalue weighted by Gasteiger charge is -2.17. The van der Waals surface area contributed by atoms with Gasteiger partial charge in [0.1, 0.15) is 11.4 Å². The largest absolute Gasteiger partial charge is 0.481 e. The summed E-state index contributed by atoms with van der Waals surface area (Å²) >= 11 is 0. The molecule has 0 aliphatic heterocycles. The van der Waals surface area contributed by atoms with Crippen LogP contribution in [0.2, 0.25) is 0 Å². The Morgan fingerprint density at radius 1 is 1.12 bits per heavy atom. The molecule has 9 heteroatoms. The number of hydrazine groups is 1. The summed E-state index contributed by atoms with van der Waals surface area (Å²) in [6.45, 7) is 7.32. The van der Waals surface area contributed by atoms with Crippen LogP contribution in [-0.4, -0.2) is 32.7 Å². The first-order chi connectivity index (χ1) is 15.8. The monoisotopic (exact) mass is 447 g/mol. The smallest absolute Gasteiger partial charge is 0.279 e. The number of carbonyl (C=O) groups is 2. The van der Waals surface area contributed by atoms with Crippen molar-refractivity contribution < 1.29 is 18.7 Å². The number of carbonyl (C=O) groups excluding carboxylic acids is 2. The molecule has 4 rings (SSSR count). The van der Waals surface area contributed by atoms with Gasteiger partial charge in [-0.2, -0.15) is 5.10 Å². The van der Waals surface area contributed by atoms with Crippen molar-refractivity contribution in [1.82, 2.24) is 25.6 Å². The normalized spacial score (nSPS) is 11.9. The molecule has 4 aromatic rings. The van der Waals surface area contributed by atoms with Gasteiger partial charge in [-0.15, -0.1) is 0 Å². The minimum absolute atomic E-state index is 0.320. The third-order valence-electron chi connectivity index (χ3n) is 5.51. The molecule has 3 aromatic heterocycles. The number of hydrogen-bond acceptors (Lipinski definition) is 6. The highest BCUT2D eigenvalue weighted by Crippen LogP contribution is 2.27. The van der Waals surface area contributed by atoms with E-state index in [1.165, 1.54) is 6.26 Å². The summed E-state index contributed by atoms with van der Waals surface area (Å²) in [5.74, 6) is 0.153. The van der Waals surface area contributed by atoms with Crippen molar-refractivity contribution in [1.29, 1.82) is 0 Å². The Labute approximate surface area is 190 Å².